The number of nitrogens with one attached hydrogen (secondary N) is 1. The van der Waals surface area contributed by atoms with Crippen LogP contribution in [0.25, 0.3) is 0 Å². The molecule has 0 saturated heterocycles. The van der Waals surface area contributed by atoms with Crippen LogP contribution in [0, 0.1) is 17.5 Å². The molecule has 0 aliphatic rings. The van der Waals surface area contributed by atoms with E-state index in [9.17, 15) is 13.2 Å². The van der Waals surface area contributed by atoms with Crippen LogP contribution in [0.4, 0.5) is 13.2 Å². The molecule has 1 N–H and O–H groups in total. The van der Waals surface area contributed by atoms with Gasteiger partial charge in [-0.15, -0.1) is 11.3 Å². The summed E-state index contributed by atoms with van der Waals surface area (Å²) in [7, 11) is 0. The highest BCUT2D eigenvalue weighted by atomic mass is 35.5. The Bertz CT molecular complexity index is 577. The van der Waals surface area contributed by atoms with E-state index in [1.165, 1.54) is 11.3 Å². The molecular formula is C14H13ClF3NS. The van der Waals surface area contributed by atoms with E-state index in [0.717, 1.165) is 6.42 Å². The number of hydrogen-bond acceptors (Lipinski definition) is 2. The monoisotopic (exact) mass is 319 g/mol. The second kappa shape index (κ2) is 6.61. The van der Waals surface area contributed by atoms with E-state index in [0.29, 0.717) is 27.9 Å². The molecule has 0 amide bonds. The van der Waals surface area contributed by atoms with Gasteiger partial charge in [0.05, 0.1) is 10.4 Å². The van der Waals surface area contributed by atoms with E-state index in [1.54, 1.807) is 12.1 Å². The van der Waals surface area contributed by atoms with Crippen LogP contribution >= 0.6 is 22.9 Å². The largest absolute Gasteiger partial charge is 0.305 e. The summed E-state index contributed by atoms with van der Waals surface area (Å²) in [6.07, 6.45) is 0.806. The Labute approximate surface area is 124 Å². The van der Waals surface area contributed by atoms with Crippen LogP contribution in [0.15, 0.2) is 24.3 Å². The van der Waals surface area contributed by atoms with Crippen LogP contribution in [-0.2, 0) is 0 Å². The first-order valence-electron chi connectivity index (χ1n) is 6.16. The van der Waals surface area contributed by atoms with Gasteiger partial charge in [-0.3, -0.25) is 0 Å². The van der Waals surface area contributed by atoms with Crippen molar-refractivity contribution in [3.63, 3.8) is 0 Å². The highest BCUT2D eigenvalue weighted by Gasteiger charge is 2.23. The van der Waals surface area contributed by atoms with E-state index < -0.39 is 23.5 Å². The molecule has 1 unspecified atom stereocenters. The summed E-state index contributed by atoms with van der Waals surface area (Å²) in [5, 5.41) is 3.07. The van der Waals surface area contributed by atoms with Crippen molar-refractivity contribution >= 4 is 22.9 Å². The highest BCUT2D eigenvalue weighted by molar-refractivity contribution is 7.16. The van der Waals surface area contributed by atoms with Crippen molar-refractivity contribution in [2.24, 2.45) is 0 Å². The van der Waals surface area contributed by atoms with E-state index in [4.69, 9.17) is 11.6 Å². The molecule has 1 aromatic heterocycles. The minimum absolute atomic E-state index is 0.182. The lowest BCUT2D eigenvalue weighted by Gasteiger charge is -2.19. The van der Waals surface area contributed by atoms with Gasteiger partial charge < -0.3 is 5.32 Å². The van der Waals surface area contributed by atoms with Gasteiger partial charge in [-0.25, -0.2) is 13.2 Å². The van der Waals surface area contributed by atoms with Crippen LogP contribution in [0.3, 0.4) is 0 Å². The second-order valence-corrected chi connectivity index (χ2v) is 6.06. The summed E-state index contributed by atoms with van der Waals surface area (Å²) in [6.45, 7) is 2.53. The van der Waals surface area contributed by atoms with Gasteiger partial charge in [-0.1, -0.05) is 18.5 Å². The van der Waals surface area contributed by atoms with Crippen molar-refractivity contribution in [2.45, 2.75) is 19.4 Å². The summed E-state index contributed by atoms with van der Waals surface area (Å²) in [5.74, 6) is -2.73. The fourth-order valence-corrected chi connectivity index (χ4v) is 3.09. The van der Waals surface area contributed by atoms with Gasteiger partial charge in [-0.05, 0) is 25.1 Å². The predicted molar refractivity (Wildman–Crippen MR) is 75.8 cm³/mol. The quantitative estimate of drug-likeness (QED) is 0.826. The van der Waals surface area contributed by atoms with Crippen LogP contribution in [0.2, 0.25) is 4.34 Å². The fourth-order valence-electron chi connectivity index (χ4n) is 1.95. The Morgan fingerprint density at radius 2 is 1.85 bits per heavy atom. The van der Waals surface area contributed by atoms with Gasteiger partial charge in [0.25, 0.3) is 0 Å². The lowest BCUT2D eigenvalue weighted by atomic mass is 10.0. The zero-order valence-electron chi connectivity index (χ0n) is 10.7. The molecule has 108 valence electrons. The number of halogens is 4. The average Bonchev–Trinajstić information content (AvgIpc) is 2.78. The molecule has 2 rings (SSSR count). The van der Waals surface area contributed by atoms with Crippen LogP contribution < -0.4 is 5.32 Å². The Morgan fingerprint density at radius 3 is 2.35 bits per heavy atom. The van der Waals surface area contributed by atoms with Gasteiger partial charge >= 0.3 is 0 Å². The summed E-state index contributed by atoms with van der Waals surface area (Å²) < 4.78 is 41.4. The molecule has 0 spiro atoms. The second-order valence-electron chi connectivity index (χ2n) is 4.31. The number of thiophene rings is 1. The van der Waals surface area contributed by atoms with Crippen molar-refractivity contribution in [1.29, 1.82) is 0 Å². The molecular weight excluding hydrogens is 307 g/mol. The number of rotatable bonds is 5. The summed E-state index contributed by atoms with van der Waals surface area (Å²) in [6, 6.07) is 4.08. The summed E-state index contributed by atoms with van der Waals surface area (Å²) in [5.41, 5.74) is -0.182. The van der Waals surface area contributed by atoms with Crippen LogP contribution in [0.5, 0.6) is 0 Å². The average molecular weight is 320 g/mol. The minimum atomic E-state index is -0.929. The molecule has 1 aromatic carbocycles. The predicted octanol–water partition coefficient (Wildman–Crippen LogP) is 4.91. The van der Waals surface area contributed by atoms with Crippen LogP contribution in [0.1, 0.15) is 29.8 Å². The first-order chi connectivity index (χ1) is 9.52. The SMILES string of the molecule is CCCNC(c1ccc(Cl)s1)c1c(F)cc(F)cc1F. The third-order valence-electron chi connectivity index (χ3n) is 2.81. The normalized spacial score (nSPS) is 12.7. The molecule has 0 bridgehead atoms. The fraction of sp³-hybridized carbons (Fsp3) is 0.286. The van der Waals surface area contributed by atoms with Crippen molar-refractivity contribution in [3.8, 4) is 0 Å². The molecule has 0 aliphatic carbocycles. The van der Waals surface area contributed by atoms with Crippen molar-refractivity contribution in [3.05, 3.63) is 56.5 Å². The maximum absolute atomic E-state index is 13.9. The van der Waals surface area contributed by atoms with Gasteiger partial charge in [0.1, 0.15) is 17.5 Å². The third kappa shape index (κ3) is 3.34. The number of benzene rings is 1. The Morgan fingerprint density at radius 1 is 1.20 bits per heavy atom. The first-order valence-corrected chi connectivity index (χ1v) is 7.35. The minimum Gasteiger partial charge on any atom is -0.305 e. The Hall–Kier alpha value is -1.04. The highest BCUT2D eigenvalue weighted by Crippen LogP contribution is 2.33. The third-order valence-corrected chi connectivity index (χ3v) is 4.11. The Balaban J connectivity index is 2.46. The summed E-state index contributed by atoms with van der Waals surface area (Å²) in [4.78, 5) is 0.688. The Kier molecular flexibility index (Phi) is 5.07. The first kappa shape index (κ1) is 15.4. The zero-order valence-corrected chi connectivity index (χ0v) is 12.3. The van der Waals surface area contributed by atoms with Gasteiger partial charge in [-0.2, -0.15) is 0 Å². The van der Waals surface area contributed by atoms with Gasteiger partial charge in [0.2, 0.25) is 0 Å². The topological polar surface area (TPSA) is 12.0 Å². The molecule has 0 aliphatic heterocycles. The van der Waals surface area contributed by atoms with Crippen molar-refractivity contribution < 1.29 is 13.2 Å². The van der Waals surface area contributed by atoms with E-state index in [2.05, 4.69) is 5.32 Å². The lowest BCUT2D eigenvalue weighted by Crippen LogP contribution is -2.24. The van der Waals surface area contributed by atoms with Crippen LogP contribution in [-0.4, -0.2) is 6.54 Å². The van der Waals surface area contributed by atoms with Crippen molar-refractivity contribution in [1.82, 2.24) is 5.32 Å². The van der Waals surface area contributed by atoms with Crippen molar-refractivity contribution in [2.75, 3.05) is 6.54 Å². The standard InChI is InChI=1S/C14H13ClF3NS/c1-2-5-19-14(11-3-4-12(15)20-11)13-9(17)6-8(16)7-10(13)18/h3-4,6-7,14,19H,2,5H2,1H3. The molecule has 1 atom stereocenters. The zero-order chi connectivity index (χ0) is 14.7. The molecule has 6 heteroatoms. The maximum Gasteiger partial charge on any atom is 0.134 e. The molecule has 0 saturated carbocycles. The van der Waals surface area contributed by atoms with E-state index in [-0.39, 0.29) is 5.56 Å². The van der Waals surface area contributed by atoms with Gasteiger partial charge in [0, 0.05) is 22.6 Å². The molecule has 1 heterocycles. The molecule has 0 fully saturated rings. The molecule has 1 nitrogen and oxygen atoms in total. The smallest absolute Gasteiger partial charge is 0.134 e. The van der Waals surface area contributed by atoms with E-state index >= 15 is 0 Å². The lowest BCUT2D eigenvalue weighted by molar-refractivity contribution is 0.489. The van der Waals surface area contributed by atoms with Gasteiger partial charge in [0.15, 0.2) is 0 Å². The van der Waals surface area contributed by atoms with E-state index in [1.807, 2.05) is 6.92 Å². The molecule has 20 heavy (non-hydrogen) atoms. The molecule has 2 aromatic rings. The molecule has 0 radical (unpaired) electrons. The number of hydrogen-bond donors (Lipinski definition) is 1. The maximum atomic E-state index is 13.9. The summed E-state index contributed by atoms with van der Waals surface area (Å²) >= 11 is 7.11.